The molecule has 1 atom stereocenters. The Morgan fingerprint density at radius 1 is 1.02 bits per heavy atom. The zero-order valence-electron chi connectivity index (χ0n) is 22.3. The molecule has 3 heterocycles. The first-order chi connectivity index (χ1) is 19.7. The SMILES string of the molecule is CC1(C)OC[C@@H](CCc2ccc(-c3c(C#N)c(N)nc(SCc4coc(-c5ccc(Cl)c(Cl)c5)n4)c3C#N)cc2)O1. The fourth-order valence-electron chi connectivity index (χ4n) is 4.54. The van der Waals surface area contributed by atoms with Gasteiger partial charge >= 0.3 is 0 Å². The average molecular weight is 607 g/mol. The van der Waals surface area contributed by atoms with E-state index < -0.39 is 5.79 Å². The summed E-state index contributed by atoms with van der Waals surface area (Å²) in [5.74, 6) is 0.266. The lowest BCUT2D eigenvalue weighted by molar-refractivity contribution is -0.138. The molecule has 2 N–H and O–H groups in total. The van der Waals surface area contributed by atoms with Gasteiger partial charge in [0.15, 0.2) is 5.79 Å². The van der Waals surface area contributed by atoms with Crippen molar-refractivity contribution in [2.75, 3.05) is 12.3 Å². The Morgan fingerprint density at radius 2 is 1.76 bits per heavy atom. The Kier molecular flexibility index (Phi) is 8.55. The molecule has 4 aromatic rings. The summed E-state index contributed by atoms with van der Waals surface area (Å²) >= 11 is 13.4. The van der Waals surface area contributed by atoms with Crippen molar-refractivity contribution in [3.05, 3.63) is 81.2 Å². The summed E-state index contributed by atoms with van der Waals surface area (Å²) in [7, 11) is 0. The minimum atomic E-state index is -0.548. The first kappa shape index (κ1) is 28.9. The van der Waals surface area contributed by atoms with E-state index in [-0.39, 0.29) is 23.0 Å². The highest BCUT2D eigenvalue weighted by molar-refractivity contribution is 7.98. The molecule has 1 saturated heterocycles. The molecule has 8 nitrogen and oxygen atoms in total. The van der Waals surface area contributed by atoms with Crippen LogP contribution in [0.3, 0.4) is 0 Å². The number of aryl methyl sites for hydroxylation is 1. The normalized spacial score (nSPS) is 15.9. The molecule has 0 bridgehead atoms. The molecule has 0 saturated carbocycles. The number of hydrogen-bond donors (Lipinski definition) is 1. The maximum atomic E-state index is 10.1. The van der Waals surface area contributed by atoms with Crippen LogP contribution in [0.4, 0.5) is 5.82 Å². The van der Waals surface area contributed by atoms with Crippen LogP contribution in [-0.4, -0.2) is 28.5 Å². The Balaban J connectivity index is 1.35. The fourth-order valence-corrected chi connectivity index (χ4v) is 5.71. The molecular formula is C30H25Cl2N5O3S. The molecule has 1 aliphatic heterocycles. The number of nitrogen functional groups attached to an aromatic ring is 1. The highest BCUT2D eigenvalue weighted by atomic mass is 35.5. The lowest BCUT2D eigenvalue weighted by atomic mass is 9.95. The monoisotopic (exact) mass is 605 g/mol. The van der Waals surface area contributed by atoms with Crippen LogP contribution in [0.1, 0.15) is 42.7 Å². The highest BCUT2D eigenvalue weighted by Crippen LogP contribution is 2.37. The van der Waals surface area contributed by atoms with Gasteiger partial charge in [-0.3, -0.25) is 0 Å². The molecule has 5 rings (SSSR count). The quantitative estimate of drug-likeness (QED) is 0.204. The van der Waals surface area contributed by atoms with Crippen LogP contribution in [0.5, 0.6) is 0 Å². The molecule has 0 spiro atoms. The number of halogens is 2. The zero-order valence-corrected chi connectivity index (χ0v) is 24.6. The van der Waals surface area contributed by atoms with Crippen molar-refractivity contribution in [1.29, 1.82) is 10.5 Å². The minimum absolute atomic E-state index is 0.0458. The lowest BCUT2D eigenvalue weighted by Gasteiger charge is -2.17. The van der Waals surface area contributed by atoms with Gasteiger partial charge in [0.05, 0.1) is 34.0 Å². The van der Waals surface area contributed by atoms with Crippen molar-refractivity contribution >= 4 is 40.8 Å². The van der Waals surface area contributed by atoms with Crippen LogP contribution >= 0.6 is 35.0 Å². The number of nitrogens with two attached hydrogens (primary N) is 1. The summed E-state index contributed by atoms with van der Waals surface area (Å²) in [6.07, 6.45) is 3.22. The number of pyridine rings is 1. The van der Waals surface area contributed by atoms with Gasteiger partial charge in [0.2, 0.25) is 5.89 Å². The summed E-state index contributed by atoms with van der Waals surface area (Å²) in [6.45, 7) is 4.40. The van der Waals surface area contributed by atoms with Gasteiger partial charge in [0.1, 0.15) is 34.8 Å². The Morgan fingerprint density at radius 3 is 2.41 bits per heavy atom. The predicted molar refractivity (Wildman–Crippen MR) is 158 cm³/mol. The predicted octanol–water partition coefficient (Wildman–Crippen LogP) is 7.41. The van der Waals surface area contributed by atoms with E-state index in [0.29, 0.717) is 55.7 Å². The smallest absolute Gasteiger partial charge is 0.226 e. The Bertz CT molecular complexity index is 1680. The number of hydrogen-bond acceptors (Lipinski definition) is 9. The second-order valence-corrected chi connectivity index (χ2v) is 11.7. The Labute approximate surface area is 252 Å². The maximum absolute atomic E-state index is 10.1. The molecule has 1 aliphatic rings. The third-order valence-corrected chi connectivity index (χ3v) is 8.30. The summed E-state index contributed by atoms with van der Waals surface area (Å²) in [5.41, 5.74) is 10.2. The van der Waals surface area contributed by atoms with Crippen LogP contribution < -0.4 is 5.73 Å². The summed E-state index contributed by atoms with van der Waals surface area (Å²) in [6, 6.07) is 17.3. The summed E-state index contributed by atoms with van der Waals surface area (Å²) in [5, 5.41) is 21.3. The van der Waals surface area contributed by atoms with Gasteiger partial charge in [0, 0.05) is 16.9 Å². The number of aromatic nitrogens is 2. The lowest BCUT2D eigenvalue weighted by Crippen LogP contribution is -2.21. The van der Waals surface area contributed by atoms with Crippen molar-refractivity contribution in [1.82, 2.24) is 9.97 Å². The van der Waals surface area contributed by atoms with Gasteiger partial charge in [0.25, 0.3) is 0 Å². The second kappa shape index (κ2) is 12.1. The van der Waals surface area contributed by atoms with Crippen molar-refractivity contribution in [2.45, 2.75) is 49.4 Å². The minimum Gasteiger partial charge on any atom is -0.444 e. The molecule has 208 valence electrons. The van der Waals surface area contributed by atoms with Crippen molar-refractivity contribution in [3.8, 4) is 34.7 Å². The fraction of sp³-hybridized carbons (Fsp3) is 0.267. The molecule has 41 heavy (non-hydrogen) atoms. The maximum Gasteiger partial charge on any atom is 0.226 e. The molecular weight excluding hydrogens is 581 g/mol. The van der Waals surface area contributed by atoms with Crippen LogP contribution in [0.2, 0.25) is 10.0 Å². The number of thioether (sulfide) groups is 1. The van der Waals surface area contributed by atoms with E-state index in [1.807, 2.05) is 38.1 Å². The van der Waals surface area contributed by atoms with Crippen LogP contribution in [0.25, 0.3) is 22.6 Å². The zero-order chi connectivity index (χ0) is 29.1. The topological polar surface area (TPSA) is 131 Å². The van der Waals surface area contributed by atoms with E-state index in [1.54, 1.807) is 18.2 Å². The number of ether oxygens (including phenoxy) is 2. The number of nitriles is 2. The standard InChI is InChI=1S/C30H25Cl2N5O3S/c1-30(2)39-15-21(40-30)9-5-17-3-6-18(7-4-17)26-22(12-33)27(35)37-29(23(26)13-34)41-16-20-14-38-28(36-20)19-8-10-24(31)25(32)11-19/h3-4,6-8,10-11,14,21H,5,9,15-16H2,1-2H3,(H2,35,37)/t21-/m1/s1. The Hall–Kier alpha value is -3.57. The van der Waals surface area contributed by atoms with Gasteiger partial charge in [-0.25, -0.2) is 9.97 Å². The number of benzene rings is 2. The van der Waals surface area contributed by atoms with Gasteiger partial charge in [-0.2, -0.15) is 10.5 Å². The number of oxazole rings is 1. The van der Waals surface area contributed by atoms with Gasteiger partial charge in [-0.05, 0) is 56.0 Å². The van der Waals surface area contributed by atoms with Crippen molar-refractivity contribution in [2.24, 2.45) is 0 Å². The van der Waals surface area contributed by atoms with E-state index >= 15 is 0 Å². The molecule has 2 aromatic carbocycles. The summed E-state index contributed by atoms with van der Waals surface area (Å²) < 4.78 is 17.2. The van der Waals surface area contributed by atoms with Crippen LogP contribution in [-0.2, 0) is 21.6 Å². The van der Waals surface area contributed by atoms with Crippen molar-refractivity contribution in [3.63, 3.8) is 0 Å². The molecule has 11 heteroatoms. The number of nitrogens with zero attached hydrogens (tertiary/aromatic N) is 4. The molecule has 0 radical (unpaired) electrons. The first-order valence-corrected chi connectivity index (χ1v) is 14.5. The average Bonchev–Trinajstić information content (AvgIpc) is 3.58. The second-order valence-electron chi connectivity index (χ2n) is 9.90. The number of rotatable bonds is 8. The van der Waals surface area contributed by atoms with E-state index in [4.69, 9.17) is 42.8 Å². The highest BCUT2D eigenvalue weighted by Gasteiger charge is 2.32. The van der Waals surface area contributed by atoms with Gasteiger partial charge in [-0.1, -0.05) is 59.2 Å². The van der Waals surface area contributed by atoms with E-state index in [1.165, 1.54) is 18.0 Å². The molecule has 0 unspecified atom stereocenters. The molecule has 0 amide bonds. The molecule has 2 aromatic heterocycles. The summed E-state index contributed by atoms with van der Waals surface area (Å²) in [4.78, 5) is 8.91. The third kappa shape index (κ3) is 6.51. The van der Waals surface area contributed by atoms with Crippen LogP contribution in [0.15, 0.2) is 58.2 Å². The van der Waals surface area contributed by atoms with E-state index in [2.05, 4.69) is 22.1 Å². The van der Waals surface area contributed by atoms with Crippen LogP contribution in [0, 0.1) is 22.7 Å². The van der Waals surface area contributed by atoms with Crippen molar-refractivity contribution < 1.29 is 13.9 Å². The molecule has 0 aliphatic carbocycles. The van der Waals surface area contributed by atoms with Gasteiger partial charge in [-0.15, -0.1) is 0 Å². The third-order valence-electron chi connectivity index (χ3n) is 6.56. The molecule has 1 fully saturated rings. The largest absolute Gasteiger partial charge is 0.444 e. The number of anilines is 1. The van der Waals surface area contributed by atoms with E-state index in [0.717, 1.165) is 18.4 Å². The first-order valence-electron chi connectivity index (χ1n) is 12.7. The van der Waals surface area contributed by atoms with Gasteiger partial charge < -0.3 is 19.6 Å². The van der Waals surface area contributed by atoms with E-state index in [9.17, 15) is 10.5 Å².